The second-order valence-electron chi connectivity index (χ2n) is 11.8. The second kappa shape index (κ2) is 12.5. The van der Waals surface area contributed by atoms with Crippen LogP contribution in [0.25, 0.3) is 11.2 Å². The number of nitrogen functional groups attached to an aromatic ring is 1. The summed E-state index contributed by atoms with van der Waals surface area (Å²) >= 11 is 0. The van der Waals surface area contributed by atoms with Crippen LogP contribution < -0.4 is 11.3 Å². The fraction of sp³-hybridized carbons (Fsp3) is 0.750. The fourth-order valence-electron chi connectivity index (χ4n) is 5.75. The Bertz CT molecular complexity index is 1350. The lowest BCUT2D eigenvalue weighted by atomic mass is 9.83. The maximum Gasteiger partial charge on any atom is 0.280 e. The second-order valence-corrected chi connectivity index (χ2v) is 11.8. The number of aromatic amines is 1. The van der Waals surface area contributed by atoms with Crippen LogP contribution in [0.3, 0.4) is 0 Å². The van der Waals surface area contributed by atoms with E-state index in [2.05, 4.69) is 15.0 Å². The zero-order chi connectivity index (χ0) is 30.2. The predicted octanol–water partition coefficient (Wildman–Crippen LogP) is 1.85. The molecule has 0 radical (unpaired) electrons. The number of rotatable bonds is 10. The first-order valence-corrected chi connectivity index (χ1v) is 14.8. The van der Waals surface area contributed by atoms with E-state index in [9.17, 15) is 19.5 Å². The molecule has 14 heteroatoms. The summed E-state index contributed by atoms with van der Waals surface area (Å²) in [5.74, 6) is -2.68. The number of ketones is 2. The third-order valence-electron chi connectivity index (χ3n) is 7.94. The number of hydrogen-bond donors (Lipinski definition) is 3. The van der Waals surface area contributed by atoms with Crippen LogP contribution in [0.4, 0.5) is 5.95 Å². The summed E-state index contributed by atoms with van der Waals surface area (Å²) in [7, 11) is 0. The molecule has 0 bridgehead atoms. The Balaban J connectivity index is 1.65. The predicted molar refractivity (Wildman–Crippen MR) is 148 cm³/mol. The van der Waals surface area contributed by atoms with Gasteiger partial charge in [0.1, 0.15) is 12.2 Å². The largest absolute Gasteiger partial charge is 0.375 e. The van der Waals surface area contributed by atoms with Crippen molar-refractivity contribution in [3.05, 3.63) is 16.2 Å². The molecule has 3 aliphatic heterocycles. The Morgan fingerprint density at radius 3 is 2.33 bits per heavy atom. The van der Waals surface area contributed by atoms with Gasteiger partial charge in [-0.2, -0.15) is 4.98 Å². The van der Waals surface area contributed by atoms with E-state index in [1.807, 2.05) is 0 Å². The van der Waals surface area contributed by atoms with E-state index >= 15 is 0 Å². The van der Waals surface area contributed by atoms with Crippen molar-refractivity contribution in [2.45, 2.75) is 103 Å². The van der Waals surface area contributed by atoms with Crippen LogP contribution in [0.5, 0.6) is 0 Å². The number of hydrogen-bond acceptors (Lipinski definition) is 12. The molecule has 0 saturated carbocycles. The minimum atomic E-state index is -2.35. The molecule has 232 valence electrons. The van der Waals surface area contributed by atoms with Gasteiger partial charge in [-0.1, -0.05) is 27.7 Å². The van der Waals surface area contributed by atoms with Crippen molar-refractivity contribution < 1.29 is 38.4 Å². The topological polar surface area (TPSA) is 190 Å². The summed E-state index contributed by atoms with van der Waals surface area (Å²) in [4.78, 5) is 51.2. The summed E-state index contributed by atoms with van der Waals surface area (Å²) in [5, 5.41) is 12.6. The van der Waals surface area contributed by atoms with Crippen LogP contribution in [0, 0.1) is 11.8 Å². The van der Waals surface area contributed by atoms with E-state index in [0.29, 0.717) is 26.1 Å². The highest BCUT2D eigenvalue weighted by Gasteiger charge is 2.64. The van der Waals surface area contributed by atoms with Crippen molar-refractivity contribution in [3.8, 4) is 0 Å². The van der Waals surface area contributed by atoms with Gasteiger partial charge in [-0.25, -0.2) is 4.98 Å². The number of anilines is 1. The van der Waals surface area contributed by atoms with Crippen molar-refractivity contribution in [1.82, 2.24) is 19.5 Å². The molecule has 2 aromatic heterocycles. The highest BCUT2D eigenvalue weighted by Crippen LogP contribution is 2.45. The molecular weight excluding hydrogens is 550 g/mol. The highest BCUT2D eigenvalue weighted by molar-refractivity contribution is 5.97. The summed E-state index contributed by atoms with van der Waals surface area (Å²) in [6.07, 6.45) is -0.141. The van der Waals surface area contributed by atoms with Crippen LogP contribution in [-0.2, 0) is 28.5 Å². The summed E-state index contributed by atoms with van der Waals surface area (Å²) in [5.41, 5.74) is 2.57. The first-order chi connectivity index (χ1) is 20.0. The lowest BCUT2D eigenvalue weighted by molar-refractivity contribution is -0.233. The molecule has 42 heavy (non-hydrogen) atoms. The smallest absolute Gasteiger partial charge is 0.280 e. The van der Waals surface area contributed by atoms with Crippen LogP contribution in [-0.4, -0.2) is 86.4 Å². The molecule has 0 amide bonds. The van der Waals surface area contributed by atoms with Crippen LogP contribution in [0.15, 0.2) is 4.79 Å². The quantitative estimate of drug-likeness (QED) is 0.340. The van der Waals surface area contributed by atoms with E-state index in [4.69, 9.17) is 29.4 Å². The third-order valence-corrected chi connectivity index (χ3v) is 7.94. The lowest BCUT2D eigenvalue weighted by Crippen LogP contribution is -2.57. The number of ether oxygens (including phenoxy) is 5. The maximum absolute atomic E-state index is 14.0. The number of carbonyl (C=O) groups is 2. The number of nitrogens with two attached hydrogens (primary N) is 1. The Kier molecular flexibility index (Phi) is 9.11. The summed E-state index contributed by atoms with van der Waals surface area (Å²) in [6, 6.07) is 0. The number of imidazole rings is 1. The van der Waals surface area contributed by atoms with E-state index in [0.717, 1.165) is 25.7 Å². The molecule has 2 aromatic rings. The van der Waals surface area contributed by atoms with Crippen molar-refractivity contribution in [2.24, 2.45) is 11.8 Å². The van der Waals surface area contributed by atoms with Crippen molar-refractivity contribution in [1.29, 1.82) is 0 Å². The number of carbonyl (C=O) groups excluding carboxylic acids is 2. The Labute approximate surface area is 243 Å². The monoisotopic (exact) mass is 591 g/mol. The van der Waals surface area contributed by atoms with Gasteiger partial charge >= 0.3 is 0 Å². The zero-order valence-corrected chi connectivity index (χ0v) is 24.5. The Morgan fingerprint density at radius 1 is 1.07 bits per heavy atom. The van der Waals surface area contributed by atoms with Crippen LogP contribution in [0.2, 0.25) is 0 Å². The number of nitrogens with one attached hydrogen (secondary N) is 1. The van der Waals surface area contributed by atoms with Gasteiger partial charge in [-0.05, 0) is 38.5 Å². The standard InChI is InChI=1S/C28H41N5O9/c1-14(2)20(34)24-30-19-23(31-27(29)32-25(19)36)33(24)26-28(37,21(35)15(3)4)22(42-18-10-6-8-12-39-18)16(41-26)13-40-17-9-5-7-11-38-17/h14-18,22,26,37H,5-13H2,1-4H3,(H3,29,31,32,36)/t16-,17?,18?,22-,26?,28+/m1/s1. The van der Waals surface area contributed by atoms with Crippen molar-refractivity contribution in [3.63, 3.8) is 0 Å². The van der Waals surface area contributed by atoms with Crippen molar-refractivity contribution in [2.75, 3.05) is 25.6 Å². The Hall–Kier alpha value is -2.75. The van der Waals surface area contributed by atoms with E-state index in [1.165, 1.54) is 4.57 Å². The van der Waals surface area contributed by atoms with Crippen LogP contribution in [0.1, 0.15) is 83.1 Å². The average Bonchev–Trinajstić information content (AvgIpc) is 3.47. The molecule has 0 aromatic carbocycles. The molecule has 0 aliphatic carbocycles. The van der Waals surface area contributed by atoms with Gasteiger partial charge in [-0.15, -0.1) is 0 Å². The molecule has 3 fully saturated rings. The SMILES string of the molecule is CC(C)C(=O)c1nc2c(=O)[nH]c(N)nc2n1C1O[C@H](COC2CCCCO2)[C@@H](OC2CCCCO2)[C@@]1(O)C(=O)C(C)C. The number of H-pyrrole nitrogens is 1. The fourth-order valence-corrected chi connectivity index (χ4v) is 5.75. The number of fused-ring (bicyclic) bond motifs is 1. The molecule has 0 spiro atoms. The first-order valence-electron chi connectivity index (χ1n) is 14.8. The summed E-state index contributed by atoms with van der Waals surface area (Å²) < 4.78 is 31.6. The highest BCUT2D eigenvalue weighted by atomic mass is 16.7. The Morgan fingerprint density at radius 2 is 1.74 bits per heavy atom. The maximum atomic E-state index is 14.0. The third kappa shape index (κ3) is 5.75. The van der Waals surface area contributed by atoms with E-state index in [-0.39, 0.29) is 29.5 Å². The van der Waals surface area contributed by atoms with Gasteiger partial charge in [0.25, 0.3) is 5.56 Å². The van der Waals surface area contributed by atoms with Gasteiger partial charge in [0.15, 0.2) is 47.2 Å². The number of aliphatic hydroxyl groups is 1. The number of Topliss-reactive ketones (excluding diaryl/α,β-unsaturated/α-hetero) is 2. The average molecular weight is 592 g/mol. The van der Waals surface area contributed by atoms with Gasteiger partial charge in [0.05, 0.1) is 6.61 Å². The minimum absolute atomic E-state index is 0.0809. The van der Waals surface area contributed by atoms with Gasteiger partial charge < -0.3 is 34.5 Å². The molecule has 4 N–H and O–H groups in total. The molecule has 5 heterocycles. The van der Waals surface area contributed by atoms with E-state index in [1.54, 1.807) is 27.7 Å². The molecule has 6 atom stereocenters. The zero-order valence-electron chi connectivity index (χ0n) is 24.5. The number of aromatic nitrogens is 4. The first kappa shape index (κ1) is 30.7. The summed E-state index contributed by atoms with van der Waals surface area (Å²) in [6.45, 7) is 7.60. The normalized spacial score (nSPS) is 30.4. The number of nitrogens with zero attached hydrogens (tertiary/aromatic N) is 3. The molecule has 5 rings (SSSR count). The van der Waals surface area contributed by atoms with Crippen molar-refractivity contribution >= 4 is 28.7 Å². The van der Waals surface area contributed by atoms with Gasteiger partial charge in [0, 0.05) is 25.0 Å². The van der Waals surface area contributed by atoms with Gasteiger partial charge in [0.2, 0.25) is 11.7 Å². The molecular formula is C28H41N5O9. The molecule has 3 saturated heterocycles. The molecule has 3 aliphatic rings. The van der Waals surface area contributed by atoms with Gasteiger partial charge in [-0.3, -0.25) is 23.9 Å². The lowest BCUT2D eigenvalue weighted by Gasteiger charge is -2.37. The van der Waals surface area contributed by atoms with E-state index < -0.39 is 65.6 Å². The molecule has 14 nitrogen and oxygen atoms in total. The van der Waals surface area contributed by atoms with Crippen LogP contribution >= 0.6 is 0 Å². The minimum Gasteiger partial charge on any atom is -0.375 e. The molecule has 3 unspecified atom stereocenters.